The summed E-state index contributed by atoms with van der Waals surface area (Å²) in [6.45, 7) is 1.65. The summed E-state index contributed by atoms with van der Waals surface area (Å²) in [5.41, 5.74) is 2.21. The molecule has 3 nitrogen and oxygen atoms in total. The lowest BCUT2D eigenvalue weighted by atomic mass is 9.98. The summed E-state index contributed by atoms with van der Waals surface area (Å²) in [4.78, 5) is 25.5. The van der Waals surface area contributed by atoms with E-state index in [1.807, 2.05) is 48.5 Å². The minimum atomic E-state index is -0.899. The fourth-order valence-corrected chi connectivity index (χ4v) is 3.74. The Kier molecular flexibility index (Phi) is 4.58. The van der Waals surface area contributed by atoms with Crippen LogP contribution >= 0.6 is 11.3 Å². The lowest BCUT2D eigenvalue weighted by molar-refractivity contribution is -0.138. The van der Waals surface area contributed by atoms with E-state index in [-0.39, 0.29) is 5.78 Å². The molecule has 0 aliphatic carbocycles. The van der Waals surface area contributed by atoms with Crippen LogP contribution in [0.25, 0.3) is 10.4 Å². The number of carboxylic acids is 1. The molecule has 0 unspecified atom stereocenters. The molecule has 0 aliphatic heterocycles. The van der Waals surface area contributed by atoms with Gasteiger partial charge in [0.1, 0.15) is 0 Å². The first-order valence-electron chi connectivity index (χ1n) is 7.59. The molecule has 24 heavy (non-hydrogen) atoms. The normalized spacial score (nSPS) is 11.9. The van der Waals surface area contributed by atoms with Gasteiger partial charge >= 0.3 is 5.97 Å². The van der Waals surface area contributed by atoms with Gasteiger partial charge in [0.25, 0.3) is 0 Å². The molecule has 120 valence electrons. The summed E-state index contributed by atoms with van der Waals surface area (Å²) in [6, 6.07) is 20.3. The number of rotatable bonds is 5. The summed E-state index contributed by atoms with van der Waals surface area (Å²) in [5, 5.41) is 9.39. The zero-order valence-corrected chi connectivity index (χ0v) is 13.9. The van der Waals surface area contributed by atoms with Gasteiger partial charge in [0.15, 0.2) is 0 Å². The average molecular weight is 336 g/mol. The van der Waals surface area contributed by atoms with Crippen molar-refractivity contribution in [2.75, 3.05) is 0 Å². The SMILES string of the molecule is C[C@@H](C(=O)O)c1cc(C(=O)c2ccccc2)sc1-c1ccccc1. The monoisotopic (exact) mass is 336 g/mol. The number of ketones is 1. The quantitative estimate of drug-likeness (QED) is 0.679. The maximum Gasteiger partial charge on any atom is 0.310 e. The van der Waals surface area contributed by atoms with Crippen LogP contribution in [0.5, 0.6) is 0 Å². The zero-order valence-electron chi connectivity index (χ0n) is 13.1. The molecule has 1 aromatic heterocycles. The molecule has 0 spiro atoms. The smallest absolute Gasteiger partial charge is 0.310 e. The molecule has 0 bridgehead atoms. The Morgan fingerprint density at radius 1 is 0.958 bits per heavy atom. The van der Waals surface area contributed by atoms with Crippen molar-refractivity contribution in [3.8, 4) is 10.4 Å². The molecule has 1 N–H and O–H groups in total. The fourth-order valence-electron chi connectivity index (χ4n) is 2.52. The highest BCUT2D eigenvalue weighted by molar-refractivity contribution is 7.17. The van der Waals surface area contributed by atoms with Crippen LogP contribution in [0.4, 0.5) is 0 Å². The Morgan fingerprint density at radius 3 is 2.12 bits per heavy atom. The molecule has 0 saturated heterocycles. The molecule has 0 radical (unpaired) electrons. The maximum atomic E-state index is 12.7. The second-order valence-corrected chi connectivity index (χ2v) is 6.57. The Bertz CT molecular complexity index is 866. The molecule has 1 atom stereocenters. The molecule has 0 amide bonds. The third kappa shape index (κ3) is 3.14. The summed E-state index contributed by atoms with van der Waals surface area (Å²) < 4.78 is 0. The van der Waals surface area contributed by atoms with Crippen molar-refractivity contribution in [3.63, 3.8) is 0 Å². The van der Waals surface area contributed by atoms with Crippen molar-refractivity contribution in [1.29, 1.82) is 0 Å². The summed E-state index contributed by atoms with van der Waals surface area (Å²) in [6.07, 6.45) is 0. The molecule has 0 aliphatic rings. The van der Waals surface area contributed by atoms with Gasteiger partial charge < -0.3 is 5.11 Å². The topological polar surface area (TPSA) is 54.4 Å². The highest BCUT2D eigenvalue weighted by atomic mass is 32.1. The van der Waals surface area contributed by atoms with Crippen LogP contribution in [0, 0.1) is 0 Å². The number of hydrogen-bond acceptors (Lipinski definition) is 3. The van der Waals surface area contributed by atoms with Crippen LogP contribution in [-0.4, -0.2) is 16.9 Å². The van der Waals surface area contributed by atoms with E-state index in [0.29, 0.717) is 16.0 Å². The van der Waals surface area contributed by atoms with Crippen LogP contribution < -0.4 is 0 Å². The fraction of sp³-hybridized carbons (Fsp3) is 0.100. The zero-order chi connectivity index (χ0) is 17.1. The van der Waals surface area contributed by atoms with Crippen LogP contribution in [0.2, 0.25) is 0 Å². The molecule has 1 heterocycles. The predicted octanol–water partition coefficient (Wildman–Crippen LogP) is 4.83. The Balaban J connectivity index is 2.10. The number of aliphatic carboxylic acids is 1. The molecule has 0 saturated carbocycles. The highest BCUT2D eigenvalue weighted by Gasteiger charge is 2.24. The lowest BCUT2D eigenvalue weighted by Gasteiger charge is -2.07. The van der Waals surface area contributed by atoms with Crippen LogP contribution in [-0.2, 0) is 4.79 Å². The minimum absolute atomic E-state index is 0.0818. The molecule has 3 rings (SSSR count). The number of carboxylic acid groups (broad SMARTS) is 1. The van der Waals surface area contributed by atoms with Crippen molar-refractivity contribution in [3.05, 3.63) is 82.7 Å². The number of thiophene rings is 1. The van der Waals surface area contributed by atoms with E-state index in [1.54, 1.807) is 25.1 Å². The third-order valence-corrected chi connectivity index (χ3v) is 5.09. The summed E-state index contributed by atoms with van der Waals surface area (Å²) in [7, 11) is 0. The Morgan fingerprint density at radius 2 is 1.54 bits per heavy atom. The maximum absolute atomic E-state index is 12.7. The third-order valence-electron chi connectivity index (χ3n) is 3.89. The van der Waals surface area contributed by atoms with Gasteiger partial charge in [0.2, 0.25) is 5.78 Å². The van der Waals surface area contributed by atoms with Gasteiger partial charge in [-0.05, 0) is 24.1 Å². The second kappa shape index (κ2) is 6.81. The van der Waals surface area contributed by atoms with E-state index in [0.717, 1.165) is 10.4 Å². The highest BCUT2D eigenvalue weighted by Crippen LogP contribution is 2.38. The van der Waals surface area contributed by atoms with Gasteiger partial charge in [-0.3, -0.25) is 9.59 Å². The van der Waals surface area contributed by atoms with Gasteiger partial charge in [-0.25, -0.2) is 0 Å². The van der Waals surface area contributed by atoms with Crippen molar-refractivity contribution < 1.29 is 14.7 Å². The standard InChI is InChI=1S/C20H16O3S/c1-13(20(22)23)16-12-17(18(21)14-8-4-2-5-9-14)24-19(16)15-10-6-3-7-11-15/h2-13H,1H3,(H,22,23)/t13-/m1/s1. The number of hydrogen-bond donors (Lipinski definition) is 1. The average Bonchev–Trinajstić information content (AvgIpc) is 3.07. The molecular formula is C20H16O3S. The first-order valence-corrected chi connectivity index (χ1v) is 8.41. The van der Waals surface area contributed by atoms with Crippen molar-refractivity contribution in [2.45, 2.75) is 12.8 Å². The van der Waals surface area contributed by atoms with Crippen molar-refractivity contribution in [1.82, 2.24) is 0 Å². The summed E-state index contributed by atoms with van der Waals surface area (Å²) in [5.74, 6) is -1.65. The largest absolute Gasteiger partial charge is 0.481 e. The van der Waals surface area contributed by atoms with Gasteiger partial charge in [0, 0.05) is 10.4 Å². The lowest BCUT2D eigenvalue weighted by Crippen LogP contribution is -2.07. The van der Waals surface area contributed by atoms with Crippen LogP contribution in [0.1, 0.15) is 33.6 Å². The molecule has 2 aromatic carbocycles. The van der Waals surface area contributed by atoms with Gasteiger partial charge in [0.05, 0.1) is 10.8 Å². The second-order valence-electron chi connectivity index (χ2n) is 5.52. The van der Waals surface area contributed by atoms with E-state index in [9.17, 15) is 14.7 Å². The predicted molar refractivity (Wildman–Crippen MR) is 95.7 cm³/mol. The van der Waals surface area contributed by atoms with Gasteiger partial charge in [-0.1, -0.05) is 60.7 Å². The van der Waals surface area contributed by atoms with Crippen molar-refractivity contribution in [2.24, 2.45) is 0 Å². The summed E-state index contributed by atoms with van der Waals surface area (Å²) >= 11 is 1.35. The molecule has 4 heteroatoms. The number of benzene rings is 2. The van der Waals surface area contributed by atoms with Crippen molar-refractivity contribution >= 4 is 23.1 Å². The first kappa shape index (κ1) is 16.1. The van der Waals surface area contributed by atoms with Crippen LogP contribution in [0.15, 0.2) is 66.7 Å². The van der Waals surface area contributed by atoms with Crippen LogP contribution in [0.3, 0.4) is 0 Å². The van der Waals surface area contributed by atoms with E-state index < -0.39 is 11.9 Å². The van der Waals surface area contributed by atoms with E-state index in [4.69, 9.17) is 0 Å². The Labute approximate surface area is 144 Å². The van der Waals surface area contributed by atoms with E-state index in [2.05, 4.69) is 0 Å². The minimum Gasteiger partial charge on any atom is -0.481 e. The molecular weight excluding hydrogens is 320 g/mol. The number of carbonyl (C=O) groups is 2. The van der Waals surface area contributed by atoms with E-state index >= 15 is 0 Å². The van der Waals surface area contributed by atoms with Gasteiger partial charge in [-0.15, -0.1) is 11.3 Å². The Hall–Kier alpha value is -2.72. The molecule has 3 aromatic rings. The first-order chi connectivity index (χ1) is 11.6. The van der Waals surface area contributed by atoms with Gasteiger partial charge in [-0.2, -0.15) is 0 Å². The number of carbonyl (C=O) groups excluding carboxylic acids is 1. The molecule has 0 fully saturated rings. The van der Waals surface area contributed by atoms with E-state index in [1.165, 1.54) is 11.3 Å².